The monoisotopic (exact) mass is 311 g/mol. The SMILES string of the molecule is COCCC1(CNC(=O)c2ccc(Br)cc2)CC1. The van der Waals surface area contributed by atoms with Crippen LogP contribution in [0, 0.1) is 5.41 Å². The lowest BCUT2D eigenvalue weighted by Crippen LogP contribution is -2.30. The summed E-state index contributed by atoms with van der Waals surface area (Å²) < 4.78 is 6.09. The number of ether oxygens (including phenoxy) is 1. The Balaban J connectivity index is 1.83. The van der Waals surface area contributed by atoms with E-state index in [-0.39, 0.29) is 5.91 Å². The van der Waals surface area contributed by atoms with Crippen LogP contribution in [0.15, 0.2) is 28.7 Å². The molecular weight excluding hydrogens is 294 g/mol. The van der Waals surface area contributed by atoms with E-state index in [1.807, 2.05) is 24.3 Å². The molecule has 0 radical (unpaired) electrons. The molecule has 1 aromatic carbocycles. The minimum Gasteiger partial charge on any atom is -0.385 e. The first kappa shape index (κ1) is 13.6. The van der Waals surface area contributed by atoms with E-state index >= 15 is 0 Å². The van der Waals surface area contributed by atoms with Gasteiger partial charge in [-0.05, 0) is 48.9 Å². The van der Waals surface area contributed by atoms with Gasteiger partial charge in [0.15, 0.2) is 0 Å². The maximum absolute atomic E-state index is 11.9. The molecule has 18 heavy (non-hydrogen) atoms. The van der Waals surface area contributed by atoms with Gasteiger partial charge >= 0.3 is 0 Å². The van der Waals surface area contributed by atoms with Gasteiger partial charge < -0.3 is 10.1 Å². The number of halogens is 1. The van der Waals surface area contributed by atoms with Gasteiger partial charge in [-0.15, -0.1) is 0 Å². The second-order valence-corrected chi connectivity index (χ2v) is 5.85. The Morgan fingerprint density at radius 2 is 2.06 bits per heavy atom. The first-order chi connectivity index (χ1) is 8.65. The van der Waals surface area contributed by atoms with Crippen LogP contribution in [0.25, 0.3) is 0 Å². The Bertz CT molecular complexity index is 412. The molecule has 1 aliphatic rings. The predicted molar refractivity (Wildman–Crippen MR) is 74.6 cm³/mol. The molecule has 0 unspecified atom stereocenters. The molecule has 0 aromatic heterocycles. The van der Waals surface area contributed by atoms with Gasteiger partial charge in [0, 0.05) is 30.3 Å². The molecule has 0 atom stereocenters. The summed E-state index contributed by atoms with van der Waals surface area (Å²) in [6.07, 6.45) is 3.41. The molecule has 0 spiro atoms. The van der Waals surface area contributed by atoms with Crippen molar-refractivity contribution < 1.29 is 9.53 Å². The van der Waals surface area contributed by atoms with Crippen LogP contribution in [0.5, 0.6) is 0 Å². The first-order valence-corrected chi connectivity index (χ1v) is 6.97. The Labute approximate surface area is 116 Å². The van der Waals surface area contributed by atoms with Gasteiger partial charge in [-0.25, -0.2) is 0 Å². The lowest BCUT2D eigenvalue weighted by molar-refractivity contribution is 0.0938. The van der Waals surface area contributed by atoms with Crippen LogP contribution in [0.4, 0.5) is 0 Å². The topological polar surface area (TPSA) is 38.3 Å². The van der Waals surface area contributed by atoms with Gasteiger partial charge in [0.2, 0.25) is 0 Å². The number of carbonyl (C=O) groups excluding carboxylic acids is 1. The molecule has 1 aliphatic carbocycles. The largest absolute Gasteiger partial charge is 0.385 e. The van der Waals surface area contributed by atoms with E-state index in [9.17, 15) is 4.79 Å². The lowest BCUT2D eigenvalue weighted by atomic mass is 10.0. The highest BCUT2D eigenvalue weighted by atomic mass is 79.9. The third kappa shape index (κ3) is 3.56. The number of hydrogen-bond acceptors (Lipinski definition) is 2. The van der Waals surface area contributed by atoms with Crippen molar-refractivity contribution in [3.05, 3.63) is 34.3 Å². The Kier molecular flexibility index (Phi) is 4.40. The minimum absolute atomic E-state index is 0.00573. The maximum atomic E-state index is 11.9. The summed E-state index contributed by atoms with van der Waals surface area (Å²) in [6.45, 7) is 1.53. The Morgan fingerprint density at radius 1 is 1.39 bits per heavy atom. The summed E-state index contributed by atoms with van der Waals surface area (Å²) in [4.78, 5) is 11.9. The van der Waals surface area contributed by atoms with Crippen LogP contribution in [0.1, 0.15) is 29.6 Å². The van der Waals surface area contributed by atoms with E-state index in [0.29, 0.717) is 11.0 Å². The summed E-state index contributed by atoms with van der Waals surface area (Å²) in [6, 6.07) is 7.42. The molecule has 1 aromatic rings. The molecule has 3 nitrogen and oxygen atoms in total. The van der Waals surface area contributed by atoms with E-state index in [2.05, 4.69) is 21.2 Å². The molecule has 1 amide bonds. The van der Waals surface area contributed by atoms with Crippen molar-refractivity contribution in [1.29, 1.82) is 0 Å². The molecule has 0 saturated heterocycles. The number of methoxy groups -OCH3 is 1. The molecule has 0 aliphatic heterocycles. The fourth-order valence-electron chi connectivity index (χ4n) is 1.98. The van der Waals surface area contributed by atoms with Crippen LogP contribution < -0.4 is 5.32 Å². The van der Waals surface area contributed by atoms with Gasteiger partial charge in [0.05, 0.1) is 0 Å². The Morgan fingerprint density at radius 3 is 2.61 bits per heavy atom. The summed E-state index contributed by atoms with van der Waals surface area (Å²) in [5.74, 6) is 0.00573. The van der Waals surface area contributed by atoms with Gasteiger partial charge in [0.25, 0.3) is 5.91 Å². The summed E-state index contributed by atoms with van der Waals surface area (Å²) in [5, 5.41) is 3.02. The highest BCUT2D eigenvalue weighted by molar-refractivity contribution is 9.10. The normalized spacial score (nSPS) is 16.3. The van der Waals surface area contributed by atoms with Crippen molar-refractivity contribution in [3.63, 3.8) is 0 Å². The van der Waals surface area contributed by atoms with Crippen molar-refractivity contribution in [2.75, 3.05) is 20.3 Å². The standard InChI is InChI=1S/C14H18BrNO2/c1-18-9-8-14(6-7-14)10-16-13(17)11-2-4-12(15)5-3-11/h2-5H,6-10H2,1H3,(H,16,17). The van der Waals surface area contributed by atoms with Crippen LogP contribution >= 0.6 is 15.9 Å². The number of hydrogen-bond donors (Lipinski definition) is 1. The number of rotatable bonds is 6. The number of amides is 1. The molecule has 4 heteroatoms. The van der Waals surface area contributed by atoms with Crippen LogP contribution in [0.2, 0.25) is 0 Å². The van der Waals surface area contributed by atoms with Crippen molar-refractivity contribution in [1.82, 2.24) is 5.32 Å². The van der Waals surface area contributed by atoms with E-state index in [0.717, 1.165) is 24.0 Å². The van der Waals surface area contributed by atoms with E-state index in [1.54, 1.807) is 7.11 Å². The summed E-state index contributed by atoms with van der Waals surface area (Å²) in [5.41, 5.74) is 1.00. The van der Waals surface area contributed by atoms with E-state index in [4.69, 9.17) is 4.74 Å². The molecule has 1 N–H and O–H groups in total. The van der Waals surface area contributed by atoms with Gasteiger partial charge in [-0.3, -0.25) is 4.79 Å². The fraction of sp³-hybridized carbons (Fsp3) is 0.500. The zero-order valence-electron chi connectivity index (χ0n) is 10.5. The quantitative estimate of drug-likeness (QED) is 0.877. The molecular formula is C14H18BrNO2. The average molecular weight is 312 g/mol. The number of carbonyl (C=O) groups is 1. The molecule has 1 saturated carbocycles. The lowest BCUT2D eigenvalue weighted by Gasteiger charge is -2.15. The summed E-state index contributed by atoms with van der Waals surface area (Å²) >= 11 is 3.36. The molecule has 2 rings (SSSR count). The van der Waals surface area contributed by atoms with Crippen LogP contribution in [-0.4, -0.2) is 26.2 Å². The molecule has 98 valence electrons. The molecule has 1 fully saturated rings. The van der Waals surface area contributed by atoms with Crippen molar-refractivity contribution >= 4 is 21.8 Å². The van der Waals surface area contributed by atoms with Crippen LogP contribution in [0.3, 0.4) is 0 Å². The second-order valence-electron chi connectivity index (χ2n) is 4.93. The average Bonchev–Trinajstić information content (AvgIpc) is 3.15. The smallest absolute Gasteiger partial charge is 0.251 e. The molecule has 0 bridgehead atoms. The van der Waals surface area contributed by atoms with E-state index < -0.39 is 0 Å². The zero-order valence-corrected chi connectivity index (χ0v) is 12.1. The predicted octanol–water partition coefficient (Wildman–Crippen LogP) is 3.00. The third-order valence-corrected chi connectivity index (χ3v) is 4.05. The van der Waals surface area contributed by atoms with Gasteiger partial charge in [0.1, 0.15) is 0 Å². The maximum Gasteiger partial charge on any atom is 0.251 e. The number of benzene rings is 1. The summed E-state index contributed by atoms with van der Waals surface area (Å²) in [7, 11) is 1.72. The van der Waals surface area contributed by atoms with E-state index in [1.165, 1.54) is 12.8 Å². The molecule has 0 heterocycles. The third-order valence-electron chi connectivity index (χ3n) is 3.52. The van der Waals surface area contributed by atoms with Gasteiger partial charge in [-0.2, -0.15) is 0 Å². The van der Waals surface area contributed by atoms with Crippen LogP contribution in [-0.2, 0) is 4.74 Å². The highest BCUT2D eigenvalue weighted by Gasteiger charge is 2.42. The van der Waals surface area contributed by atoms with Gasteiger partial charge in [-0.1, -0.05) is 15.9 Å². The fourth-order valence-corrected chi connectivity index (χ4v) is 2.25. The Hall–Kier alpha value is -0.870. The van der Waals surface area contributed by atoms with Crippen molar-refractivity contribution in [3.8, 4) is 0 Å². The minimum atomic E-state index is 0.00573. The first-order valence-electron chi connectivity index (χ1n) is 6.18. The number of nitrogens with one attached hydrogen (secondary N) is 1. The van der Waals surface area contributed by atoms with Crippen molar-refractivity contribution in [2.24, 2.45) is 5.41 Å². The second kappa shape index (κ2) is 5.85. The zero-order chi connectivity index (χ0) is 13.0. The highest BCUT2D eigenvalue weighted by Crippen LogP contribution is 2.48. The van der Waals surface area contributed by atoms with Crippen molar-refractivity contribution in [2.45, 2.75) is 19.3 Å².